The predicted molar refractivity (Wildman–Crippen MR) is 152 cm³/mol. The molecule has 0 spiro atoms. The van der Waals surface area contributed by atoms with Gasteiger partial charge in [0.2, 0.25) is 0 Å². The molecule has 1 aromatic carbocycles. The van der Waals surface area contributed by atoms with Crippen LogP contribution in [-0.2, 0) is 30.4 Å². The van der Waals surface area contributed by atoms with Crippen LogP contribution in [0.4, 0.5) is 0 Å². The number of rotatable bonds is 23. The number of aliphatic carboxylic acids is 5. The maximum absolute atomic E-state index is 12.0. The summed E-state index contributed by atoms with van der Waals surface area (Å²) in [6, 6.07) is 6.42. The van der Waals surface area contributed by atoms with Gasteiger partial charge < -0.3 is 33.1 Å². The maximum atomic E-state index is 12.0. The average Bonchev–Trinajstić information content (AvgIpc) is 2.90. The van der Waals surface area contributed by atoms with E-state index in [-0.39, 0.29) is 47.0 Å². The fourth-order valence-electron chi connectivity index (χ4n) is 5.22. The zero-order valence-electron chi connectivity index (χ0n) is 26.2. The number of carboxylic acid groups (broad SMARTS) is 5. The van der Waals surface area contributed by atoms with Gasteiger partial charge in [0.1, 0.15) is 16.8 Å². The molecule has 8 N–H and O–H groups in total. The van der Waals surface area contributed by atoms with Crippen molar-refractivity contribution in [3.05, 3.63) is 29.8 Å². The van der Waals surface area contributed by atoms with Crippen LogP contribution >= 0.6 is 0 Å². The zero-order chi connectivity index (χ0) is 32.8. The first-order valence-electron chi connectivity index (χ1n) is 13.1. The summed E-state index contributed by atoms with van der Waals surface area (Å²) in [5.41, 5.74) is 17.8. The van der Waals surface area contributed by atoms with Crippen molar-refractivity contribution >= 4 is 67.6 Å². The molecule has 0 heterocycles. The van der Waals surface area contributed by atoms with Gasteiger partial charge in [0, 0.05) is 0 Å². The minimum absolute atomic E-state index is 0. The van der Waals surface area contributed by atoms with Crippen LogP contribution in [0, 0.1) is 22.5 Å². The minimum atomic E-state index is -2.12. The van der Waals surface area contributed by atoms with Gasteiger partial charge >= 0.3 is 67.6 Å². The number of nitrogens with zero attached hydrogens (tertiary/aromatic N) is 3. The molecule has 0 radical (unpaired) electrons. The van der Waals surface area contributed by atoms with E-state index in [4.69, 9.17) is 21.3 Å². The van der Waals surface area contributed by atoms with Gasteiger partial charge in [-0.05, 0) is 56.2 Å². The smallest absolute Gasteiger partial charge is 1.00 e. The first-order chi connectivity index (χ1) is 20.1. The van der Waals surface area contributed by atoms with Crippen molar-refractivity contribution in [1.82, 2.24) is 0 Å². The summed E-state index contributed by atoms with van der Waals surface area (Å²) >= 11 is 0. The van der Waals surface area contributed by atoms with Crippen molar-refractivity contribution in [1.29, 1.82) is 16.6 Å². The van der Waals surface area contributed by atoms with E-state index in [1.807, 2.05) is 0 Å². The molecule has 0 saturated carbocycles. The Bertz CT molecular complexity index is 1190. The molecule has 44 heavy (non-hydrogen) atoms. The Morgan fingerprint density at radius 3 is 1.50 bits per heavy atom. The Morgan fingerprint density at radius 2 is 1.14 bits per heavy atom. The number of benzene rings is 1. The largest absolute Gasteiger partial charge is 2.00 e. The molecule has 0 aromatic heterocycles. The molecule has 0 saturated heterocycles. The summed E-state index contributed by atoms with van der Waals surface area (Å²) < 4.78 is 5.41. The van der Waals surface area contributed by atoms with Crippen LogP contribution < -0.4 is 4.74 Å². The van der Waals surface area contributed by atoms with E-state index in [1.165, 1.54) is 0 Å². The number of nitrogens with one attached hydrogen (secondary N) is 3. The third kappa shape index (κ3) is 12.6. The monoisotopic (exact) mass is 650 g/mol. The molecule has 1 rings (SSSR count). The Morgan fingerprint density at radius 1 is 0.727 bits per heavy atom. The van der Waals surface area contributed by atoms with E-state index < -0.39 is 104 Å². The summed E-state index contributed by atoms with van der Waals surface area (Å²) in [6.07, 6.45) is -6.18. The van der Waals surface area contributed by atoms with E-state index in [0.29, 0.717) is 17.9 Å². The van der Waals surface area contributed by atoms with Crippen molar-refractivity contribution in [2.75, 3.05) is 6.61 Å². The number of carbonyl (C=O) groups is 5. The molecular weight excluding hydrogens is 612 g/mol. The van der Waals surface area contributed by atoms with Crippen molar-refractivity contribution in [2.24, 2.45) is 21.3 Å². The fourth-order valence-corrected chi connectivity index (χ4v) is 5.22. The molecule has 0 aliphatic rings. The Kier molecular flexibility index (Phi) is 16.8. The molecule has 2 unspecified atom stereocenters. The molecule has 18 heteroatoms. The van der Waals surface area contributed by atoms with E-state index in [1.54, 1.807) is 31.2 Å². The molecule has 0 fully saturated rings. The van der Waals surface area contributed by atoms with Gasteiger partial charge in [-0.3, -0.25) is 24.0 Å². The van der Waals surface area contributed by atoms with E-state index in [2.05, 4.69) is 15.3 Å². The number of carboxylic acids is 5. The third-order valence-electron chi connectivity index (χ3n) is 7.21. The molecule has 0 amide bonds. The van der Waals surface area contributed by atoms with Crippen molar-refractivity contribution in [3.8, 4) is 5.75 Å². The van der Waals surface area contributed by atoms with Crippen molar-refractivity contribution in [3.63, 3.8) is 0 Å². The molecule has 2 atom stereocenters. The van der Waals surface area contributed by atoms with Gasteiger partial charge in [0.25, 0.3) is 0 Å². The number of hydrogen-bond donors (Lipinski definition) is 8. The quantitative estimate of drug-likeness (QED) is 0.0619. The summed E-state index contributed by atoms with van der Waals surface area (Å²) in [7, 11) is 0. The number of hydrogen-bond acceptors (Lipinski definition) is 12. The first-order valence-corrected chi connectivity index (χ1v) is 13.1. The maximum Gasteiger partial charge on any atom is 2.00 e. The van der Waals surface area contributed by atoms with Crippen LogP contribution in [0.1, 0.15) is 66.7 Å². The second-order valence-corrected chi connectivity index (χ2v) is 10.4. The Hall–Kier alpha value is -3.57. The molecular formula is C26H38CaN6O11. The van der Waals surface area contributed by atoms with Crippen LogP contribution in [0.3, 0.4) is 0 Å². The zero-order valence-corrected chi connectivity index (χ0v) is 26.4. The second-order valence-electron chi connectivity index (χ2n) is 10.4. The second kappa shape index (κ2) is 18.3. The van der Waals surface area contributed by atoms with Gasteiger partial charge in [0.15, 0.2) is 0 Å². The van der Waals surface area contributed by atoms with Crippen LogP contribution in [0.15, 0.2) is 39.6 Å². The fraction of sp³-hybridized carbons (Fsp3) is 0.577. The van der Waals surface area contributed by atoms with Crippen LogP contribution in [0.25, 0.3) is 0 Å². The molecule has 17 nitrogen and oxygen atoms in total. The first kappa shape index (κ1) is 40.4. The van der Waals surface area contributed by atoms with Crippen molar-refractivity contribution in [2.45, 2.75) is 81.3 Å². The summed E-state index contributed by atoms with van der Waals surface area (Å²) in [6.45, 7) is 2.15. The van der Waals surface area contributed by atoms with E-state index >= 15 is 0 Å². The van der Waals surface area contributed by atoms with Gasteiger partial charge in [-0.1, -0.05) is 12.1 Å². The third-order valence-corrected chi connectivity index (χ3v) is 7.21. The van der Waals surface area contributed by atoms with Gasteiger partial charge in [-0.25, -0.2) is 16.6 Å². The average molecular weight is 651 g/mol. The standard InChI is InChI=1S/C26H36N6O11.Ca.2H/c1-2-43-18-5-3-16(4-6-18)9-17(26(32-29,14-22(39)40)15-23(41)42)10-24(30-27,11-19(33)34)7-8-25(31-28,12-20(35)36)13-21(37)38;;;/h3-6,17,27-29H,2,7-15H2,1H3,(H,33,34)(H,35,36)(H,37,38)(H,39,40)(H,41,42);;;/q;+2;2*-1. The normalized spacial score (nSPS) is 13.3. The molecule has 240 valence electrons. The molecule has 0 aliphatic heterocycles. The topological polar surface area (TPSA) is 304 Å². The Labute approximate surface area is 284 Å². The number of ether oxygens (including phenoxy) is 1. The van der Waals surface area contributed by atoms with Gasteiger partial charge in [-0.2, -0.15) is 15.3 Å². The molecule has 0 bridgehead atoms. The van der Waals surface area contributed by atoms with Crippen LogP contribution in [-0.4, -0.2) is 116 Å². The summed E-state index contributed by atoms with van der Waals surface area (Å²) in [5.74, 6) is -8.12. The summed E-state index contributed by atoms with van der Waals surface area (Å²) in [4.78, 5) is 58.8. The molecule has 1 aromatic rings. The Balaban J connectivity index is -0.00000616. The molecule has 0 aliphatic carbocycles. The summed E-state index contributed by atoms with van der Waals surface area (Å²) in [5, 5.41) is 58.0. The van der Waals surface area contributed by atoms with E-state index in [0.717, 1.165) is 0 Å². The van der Waals surface area contributed by atoms with Crippen molar-refractivity contribution < 1.29 is 57.1 Å². The predicted octanol–water partition coefficient (Wildman–Crippen LogP) is 3.94. The van der Waals surface area contributed by atoms with Crippen LogP contribution in [0.5, 0.6) is 5.75 Å². The minimum Gasteiger partial charge on any atom is -1.00 e. The van der Waals surface area contributed by atoms with Gasteiger partial charge in [0.05, 0.1) is 44.2 Å². The van der Waals surface area contributed by atoms with E-state index in [9.17, 15) is 49.5 Å². The van der Waals surface area contributed by atoms with Crippen LogP contribution in [0.2, 0.25) is 0 Å². The SMILES string of the molecule is CCOc1ccc(CC(CC(CCC(CC(=O)O)(CC(=O)O)N=N)(CC(=O)O)N=N)C(CC(=O)O)(CC(=O)O)N=N)cc1.[Ca+2].[H-].[H-]. The van der Waals surface area contributed by atoms with Gasteiger partial charge in [-0.15, -0.1) is 0 Å².